The van der Waals surface area contributed by atoms with E-state index in [0.717, 1.165) is 22.0 Å². The molecule has 80 valence electrons. The zero-order chi connectivity index (χ0) is 10.7. The largest absolute Gasteiger partial charge is 0.481 e. The smallest absolute Gasteiger partial charge is 0.303 e. The number of nitrogens with one attached hydrogen (secondary N) is 1. The Labute approximate surface area is 91.0 Å². The summed E-state index contributed by atoms with van der Waals surface area (Å²) in [5, 5.41) is 14.7. The molecule has 0 aromatic carbocycles. The summed E-state index contributed by atoms with van der Waals surface area (Å²) in [6.45, 7) is 0.661. The fraction of sp³-hybridized carbons (Fsp3) is 0.400. The van der Waals surface area contributed by atoms with Crippen LogP contribution < -0.4 is 15.2 Å². The molecule has 0 unspecified atom stereocenters. The average Bonchev–Trinajstić information content (AvgIpc) is 2.74. The topological polar surface area (TPSA) is 61.7 Å². The first-order chi connectivity index (χ1) is 7.27. The molecule has 0 radical (unpaired) electrons. The third-order valence-electron chi connectivity index (χ3n) is 2.22. The molecule has 1 aromatic rings. The van der Waals surface area contributed by atoms with Gasteiger partial charge in [-0.15, -0.1) is 11.3 Å². The lowest BCUT2D eigenvalue weighted by Crippen LogP contribution is -2.17. The lowest BCUT2D eigenvalue weighted by Gasteiger charge is -1.88. The van der Waals surface area contributed by atoms with Gasteiger partial charge in [0.2, 0.25) is 0 Å². The van der Waals surface area contributed by atoms with Crippen molar-refractivity contribution in [3.05, 3.63) is 15.3 Å². The van der Waals surface area contributed by atoms with Gasteiger partial charge in [0, 0.05) is 11.8 Å². The maximum atomic E-state index is 10.3. The summed E-state index contributed by atoms with van der Waals surface area (Å²) in [7, 11) is 0. The molecule has 1 aromatic heterocycles. The van der Waals surface area contributed by atoms with Crippen molar-refractivity contribution >= 4 is 29.1 Å². The van der Waals surface area contributed by atoms with Gasteiger partial charge in [0.1, 0.15) is 12.0 Å². The van der Waals surface area contributed by atoms with Gasteiger partial charge in [-0.3, -0.25) is 9.79 Å². The molecule has 0 saturated heterocycles. The van der Waals surface area contributed by atoms with Crippen LogP contribution in [0.15, 0.2) is 10.4 Å². The SMILES string of the molecule is O=C(O)CCCC=c1scc2c1=NCN2. The van der Waals surface area contributed by atoms with E-state index >= 15 is 0 Å². The molecule has 15 heavy (non-hydrogen) atoms. The van der Waals surface area contributed by atoms with Crippen molar-refractivity contribution in [2.75, 3.05) is 12.0 Å². The summed E-state index contributed by atoms with van der Waals surface area (Å²) >= 11 is 1.65. The molecule has 0 bridgehead atoms. The molecule has 0 saturated carbocycles. The monoisotopic (exact) mass is 224 g/mol. The van der Waals surface area contributed by atoms with Gasteiger partial charge >= 0.3 is 5.97 Å². The zero-order valence-electron chi connectivity index (χ0n) is 8.19. The summed E-state index contributed by atoms with van der Waals surface area (Å²) in [5.41, 5.74) is 1.10. The zero-order valence-corrected chi connectivity index (χ0v) is 9.01. The second-order valence-corrected chi connectivity index (χ2v) is 4.26. The number of fused-ring (bicyclic) bond motifs is 1. The van der Waals surface area contributed by atoms with Gasteiger partial charge in [0.15, 0.2) is 0 Å². The van der Waals surface area contributed by atoms with Crippen LogP contribution in [0.5, 0.6) is 0 Å². The fourth-order valence-electron chi connectivity index (χ4n) is 1.49. The summed E-state index contributed by atoms with van der Waals surface area (Å²) in [6, 6.07) is 0. The number of carbonyl (C=O) groups is 1. The highest BCUT2D eigenvalue weighted by Gasteiger charge is 2.04. The van der Waals surface area contributed by atoms with Gasteiger partial charge in [-0.05, 0) is 12.8 Å². The van der Waals surface area contributed by atoms with Crippen LogP contribution in [0, 0.1) is 0 Å². The predicted molar refractivity (Wildman–Crippen MR) is 59.5 cm³/mol. The molecule has 0 spiro atoms. The molecule has 0 aliphatic carbocycles. The van der Waals surface area contributed by atoms with Crippen molar-refractivity contribution < 1.29 is 9.90 Å². The molecule has 5 heteroatoms. The highest BCUT2D eigenvalue weighted by molar-refractivity contribution is 7.08. The Hall–Kier alpha value is -1.36. The molecule has 2 rings (SSSR count). The third kappa shape index (κ3) is 2.36. The Morgan fingerprint density at radius 3 is 3.40 bits per heavy atom. The van der Waals surface area contributed by atoms with Crippen LogP contribution in [0.1, 0.15) is 19.3 Å². The number of carboxylic acid groups (broad SMARTS) is 1. The molecule has 1 aliphatic rings. The van der Waals surface area contributed by atoms with Crippen molar-refractivity contribution in [2.45, 2.75) is 19.3 Å². The van der Waals surface area contributed by atoms with Crippen LogP contribution >= 0.6 is 11.3 Å². The minimum Gasteiger partial charge on any atom is -0.481 e. The number of hydrogen-bond donors (Lipinski definition) is 2. The van der Waals surface area contributed by atoms with E-state index in [1.165, 1.54) is 0 Å². The van der Waals surface area contributed by atoms with Crippen molar-refractivity contribution in [1.29, 1.82) is 0 Å². The molecular weight excluding hydrogens is 212 g/mol. The summed E-state index contributed by atoms with van der Waals surface area (Å²) in [5.74, 6) is -0.730. The maximum absolute atomic E-state index is 10.3. The number of rotatable bonds is 4. The molecule has 0 atom stereocenters. The molecule has 4 nitrogen and oxygen atoms in total. The highest BCUT2D eigenvalue weighted by atomic mass is 32.1. The number of aliphatic carboxylic acids is 1. The minimum absolute atomic E-state index is 0.236. The Bertz CT molecular complexity index is 478. The number of nitrogens with zero attached hydrogens (tertiary/aromatic N) is 1. The first kappa shape index (κ1) is 10.2. The number of carboxylic acids is 1. The third-order valence-corrected chi connectivity index (χ3v) is 3.19. The number of anilines is 1. The molecule has 1 aliphatic heterocycles. The second-order valence-electron chi connectivity index (χ2n) is 3.35. The van der Waals surface area contributed by atoms with E-state index in [9.17, 15) is 4.79 Å². The van der Waals surface area contributed by atoms with Gasteiger partial charge in [-0.1, -0.05) is 6.08 Å². The van der Waals surface area contributed by atoms with Crippen LogP contribution in [-0.2, 0) is 4.79 Å². The van der Waals surface area contributed by atoms with E-state index in [4.69, 9.17) is 5.11 Å². The first-order valence-corrected chi connectivity index (χ1v) is 5.73. The molecule has 0 fully saturated rings. The molecule has 2 N–H and O–H groups in total. The average molecular weight is 224 g/mol. The van der Waals surface area contributed by atoms with Gasteiger partial charge in [0.25, 0.3) is 0 Å². The normalized spacial score (nSPS) is 14.5. The van der Waals surface area contributed by atoms with Gasteiger partial charge in [-0.25, -0.2) is 0 Å². The van der Waals surface area contributed by atoms with E-state index in [0.29, 0.717) is 13.1 Å². The Morgan fingerprint density at radius 1 is 1.73 bits per heavy atom. The first-order valence-electron chi connectivity index (χ1n) is 4.85. The lowest BCUT2D eigenvalue weighted by molar-refractivity contribution is -0.137. The van der Waals surface area contributed by atoms with Gasteiger partial charge in [-0.2, -0.15) is 0 Å². The van der Waals surface area contributed by atoms with Crippen molar-refractivity contribution in [3.63, 3.8) is 0 Å². The van der Waals surface area contributed by atoms with E-state index in [1.54, 1.807) is 11.3 Å². The molecule has 2 heterocycles. The summed E-state index contributed by atoms with van der Waals surface area (Å²) in [4.78, 5) is 14.6. The van der Waals surface area contributed by atoms with E-state index < -0.39 is 5.97 Å². The quantitative estimate of drug-likeness (QED) is 0.743. The number of hydrogen-bond acceptors (Lipinski definition) is 4. The minimum atomic E-state index is -0.730. The highest BCUT2D eigenvalue weighted by Crippen LogP contribution is 2.05. The summed E-state index contributed by atoms with van der Waals surface area (Å²) < 4.78 is 1.15. The van der Waals surface area contributed by atoms with Crippen LogP contribution in [0.4, 0.5) is 5.69 Å². The van der Waals surface area contributed by atoms with Crippen molar-refractivity contribution in [1.82, 2.24) is 0 Å². The van der Waals surface area contributed by atoms with Crippen LogP contribution in [-0.4, -0.2) is 17.7 Å². The standard InChI is InChI=1S/C10H12N2O2S/c13-9(14)4-2-1-3-8-10-7(5-15-8)11-6-12-10/h3,5,11H,1-2,4,6H2,(H,13,14). The Morgan fingerprint density at radius 2 is 2.60 bits per heavy atom. The van der Waals surface area contributed by atoms with Crippen LogP contribution in [0.25, 0.3) is 6.08 Å². The fourth-order valence-corrected chi connectivity index (χ4v) is 2.43. The van der Waals surface area contributed by atoms with E-state index in [-0.39, 0.29) is 6.42 Å². The van der Waals surface area contributed by atoms with Gasteiger partial charge in [0.05, 0.1) is 10.2 Å². The maximum Gasteiger partial charge on any atom is 0.303 e. The summed E-state index contributed by atoms with van der Waals surface area (Å²) in [6.07, 6.45) is 3.80. The van der Waals surface area contributed by atoms with Crippen LogP contribution in [0.2, 0.25) is 0 Å². The van der Waals surface area contributed by atoms with Crippen LogP contribution in [0.3, 0.4) is 0 Å². The lowest BCUT2D eigenvalue weighted by atomic mass is 10.2. The molecular formula is C10H12N2O2S. The van der Waals surface area contributed by atoms with Crippen molar-refractivity contribution in [2.24, 2.45) is 4.99 Å². The Kier molecular flexibility index (Phi) is 3.01. The van der Waals surface area contributed by atoms with Crippen molar-refractivity contribution in [3.8, 4) is 0 Å². The molecule has 0 amide bonds. The van der Waals surface area contributed by atoms with Gasteiger partial charge < -0.3 is 10.4 Å². The number of unbranched alkanes of at least 4 members (excludes halogenated alkanes) is 1. The number of thiophene rings is 1. The predicted octanol–water partition coefficient (Wildman–Crippen LogP) is 0.786. The van der Waals surface area contributed by atoms with E-state index in [2.05, 4.69) is 21.8 Å². The van der Waals surface area contributed by atoms with E-state index in [1.807, 2.05) is 0 Å². The second kappa shape index (κ2) is 4.44. The Balaban J connectivity index is 2.03.